The van der Waals surface area contributed by atoms with Crippen molar-refractivity contribution < 1.29 is 9.53 Å². The van der Waals surface area contributed by atoms with Crippen molar-refractivity contribution in [1.82, 2.24) is 25.0 Å². The van der Waals surface area contributed by atoms with Gasteiger partial charge in [0.1, 0.15) is 5.82 Å². The summed E-state index contributed by atoms with van der Waals surface area (Å²) in [6, 6.07) is 5.74. The summed E-state index contributed by atoms with van der Waals surface area (Å²) in [5, 5.41) is 12.9. The molecule has 0 aliphatic carbocycles. The molecule has 1 saturated heterocycles. The predicted octanol–water partition coefficient (Wildman–Crippen LogP) is 2.47. The van der Waals surface area contributed by atoms with Crippen LogP contribution in [0.5, 0.6) is 0 Å². The Morgan fingerprint density at radius 1 is 1.28 bits per heavy atom. The number of rotatable bonds is 1. The molecule has 1 N–H and O–H groups in total. The van der Waals surface area contributed by atoms with Crippen LogP contribution in [0.15, 0.2) is 18.2 Å². The predicted molar refractivity (Wildman–Crippen MR) is 92.9 cm³/mol. The van der Waals surface area contributed by atoms with Crippen LogP contribution in [0, 0.1) is 0 Å². The van der Waals surface area contributed by atoms with E-state index in [0.29, 0.717) is 24.0 Å². The molecule has 0 atom stereocenters. The Balaban J connectivity index is 1.83. The van der Waals surface area contributed by atoms with Gasteiger partial charge in [-0.05, 0) is 49.7 Å². The number of nitrogens with zero attached hydrogens (tertiary/aromatic N) is 4. The fourth-order valence-electron chi connectivity index (χ4n) is 3.63. The third-order valence-electron chi connectivity index (χ3n) is 4.87. The van der Waals surface area contributed by atoms with Crippen molar-refractivity contribution in [3.63, 3.8) is 0 Å². The number of fused-ring (bicyclic) bond motifs is 3. The molecule has 25 heavy (non-hydrogen) atoms. The van der Waals surface area contributed by atoms with Crippen LogP contribution in [0.25, 0.3) is 5.69 Å². The van der Waals surface area contributed by atoms with Crippen molar-refractivity contribution in [2.45, 2.75) is 31.8 Å². The Kier molecular flexibility index (Phi) is 4.35. The Morgan fingerprint density at radius 3 is 2.84 bits per heavy atom. The van der Waals surface area contributed by atoms with E-state index in [1.807, 2.05) is 18.2 Å². The highest BCUT2D eigenvalue weighted by Crippen LogP contribution is 2.32. The number of hydrogen-bond acceptors (Lipinski definition) is 5. The molecule has 132 valence electrons. The van der Waals surface area contributed by atoms with Crippen LogP contribution in [0.3, 0.4) is 0 Å². The van der Waals surface area contributed by atoms with Gasteiger partial charge in [0.2, 0.25) is 0 Å². The number of ether oxygens (including phenoxy) is 1. The van der Waals surface area contributed by atoms with Gasteiger partial charge in [-0.1, -0.05) is 11.6 Å². The summed E-state index contributed by atoms with van der Waals surface area (Å²) in [7, 11) is 1.39. The van der Waals surface area contributed by atoms with Crippen LogP contribution in [0.4, 0.5) is 4.79 Å². The van der Waals surface area contributed by atoms with Crippen LogP contribution in [-0.2, 0) is 17.8 Å². The van der Waals surface area contributed by atoms with Crippen LogP contribution in [0.2, 0.25) is 5.02 Å². The molecule has 1 fully saturated rings. The van der Waals surface area contributed by atoms with E-state index >= 15 is 0 Å². The standard InChI is InChI=1S/C17H20ClN5O2/c1-25-17(24)22-9-12-8-13(18)2-3-14(12)23-15(10-22)20-21-16(23)11-4-6-19-7-5-11/h2-3,8,11,19H,4-7,9-10H2,1H3. The lowest BCUT2D eigenvalue weighted by Gasteiger charge is -2.23. The van der Waals surface area contributed by atoms with E-state index in [4.69, 9.17) is 16.3 Å². The van der Waals surface area contributed by atoms with Gasteiger partial charge >= 0.3 is 6.09 Å². The monoisotopic (exact) mass is 361 g/mol. The quantitative estimate of drug-likeness (QED) is 0.844. The summed E-state index contributed by atoms with van der Waals surface area (Å²) in [6.07, 6.45) is 1.68. The summed E-state index contributed by atoms with van der Waals surface area (Å²) in [4.78, 5) is 13.8. The Hall–Kier alpha value is -2.12. The topological polar surface area (TPSA) is 72.3 Å². The van der Waals surface area contributed by atoms with E-state index in [1.54, 1.807) is 4.90 Å². The van der Waals surface area contributed by atoms with Crippen molar-refractivity contribution in [3.05, 3.63) is 40.4 Å². The molecule has 1 aromatic heterocycles. The number of benzene rings is 1. The first-order valence-corrected chi connectivity index (χ1v) is 8.81. The lowest BCUT2D eigenvalue weighted by atomic mass is 9.97. The first-order chi connectivity index (χ1) is 12.2. The van der Waals surface area contributed by atoms with Gasteiger partial charge in [-0.25, -0.2) is 4.79 Å². The molecule has 0 spiro atoms. The number of carbonyl (C=O) groups is 1. The Morgan fingerprint density at radius 2 is 2.08 bits per heavy atom. The lowest BCUT2D eigenvalue weighted by Crippen LogP contribution is -2.29. The summed E-state index contributed by atoms with van der Waals surface area (Å²) < 4.78 is 7.02. The van der Waals surface area contributed by atoms with Crippen molar-refractivity contribution in [1.29, 1.82) is 0 Å². The summed E-state index contributed by atoms with van der Waals surface area (Å²) in [5.41, 5.74) is 1.95. The second-order valence-corrected chi connectivity index (χ2v) is 6.87. The minimum absolute atomic E-state index is 0.357. The lowest BCUT2D eigenvalue weighted by molar-refractivity contribution is 0.117. The zero-order valence-electron chi connectivity index (χ0n) is 14.0. The highest BCUT2D eigenvalue weighted by Gasteiger charge is 2.30. The first-order valence-electron chi connectivity index (χ1n) is 8.44. The van der Waals surface area contributed by atoms with Gasteiger partial charge in [0.05, 0.1) is 25.9 Å². The molecule has 2 aliphatic rings. The molecule has 1 aromatic carbocycles. The fourth-order valence-corrected chi connectivity index (χ4v) is 3.82. The number of amides is 1. The molecule has 0 bridgehead atoms. The van der Waals surface area contributed by atoms with E-state index in [0.717, 1.165) is 48.8 Å². The minimum atomic E-state index is -0.384. The maximum absolute atomic E-state index is 12.1. The van der Waals surface area contributed by atoms with Gasteiger partial charge < -0.3 is 10.1 Å². The van der Waals surface area contributed by atoms with Crippen LogP contribution in [0.1, 0.15) is 36.0 Å². The molecule has 4 rings (SSSR count). The van der Waals surface area contributed by atoms with Crippen LogP contribution < -0.4 is 5.32 Å². The zero-order valence-corrected chi connectivity index (χ0v) is 14.8. The molecule has 3 heterocycles. The van der Waals surface area contributed by atoms with Crippen molar-refractivity contribution in [2.24, 2.45) is 0 Å². The van der Waals surface area contributed by atoms with Gasteiger partial charge in [-0.15, -0.1) is 10.2 Å². The van der Waals surface area contributed by atoms with Gasteiger partial charge in [0, 0.05) is 10.9 Å². The molecule has 2 aromatic rings. The summed E-state index contributed by atoms with van der Waals surface area (Å²) in [6.45, 7) is 2.75. The average molecular weight is 362 g/mol. The van der Waals surface area contributed by atoms with Gasteiger partial charge in [0.25, 0.3) is 0 Å². The maximum Gasteiger partial charge on any atom is 0.410 e. The highest BCUT2D eigenvalue weighted by molar-refractivity contribution is 6.30. The smallest absolute Gasteiger partial charge is 0.410 e. The summed E-state index contributed by atoms with van der Waals surface area (Å²) in [5.74, 6) is 2.07. The molecule has 0 radical (unpaired) electrons. The normalized spacial score (nSPS) is 17.6. The van der Waals surface area contributed by atoms with Crippen LogP contribution >= 0.6 is 11.6 Å². The minimum Gasteiger partial charge on any atom is -0.453 e. The number of halogens is 1. The molecule has 7 nitrogen and oxygen atoms in total. The van der Waals surface area contributed by atoms with E-state index in [2.05, 4.69) is 20.1 Å². The number of methoxy groups -OCH3 is 1. The maximum atomic E-state index is 12.1. The molecule has 8 heteroatoms. The van der Waals surface area contributed by atoms with Gasteiger partial charge in [0.15, 0.2) is 5.82 Å². The summed E-state index contributed by atoms with van der Waals surface area (Å²) >= 11 is 6.20. The van der Waals surface area contributed by atoms with Crippen molar-refractivity contribution >= 4 is 17.7 Å². The molecule has 0 saturated carbocycles. The zero-order chi connectivity index (χ0) is 17.4. The molecular weight excluding hydrogens is 342 g/mol. The molecule has 0 unspecified atom stereocenters. The fraction of sp³-hybridized carbons (Fsp3) is 0.471. The third kappa shape index (κ3) is 2.98. The van der Waals surface area contributed by atoms with E-state index in [9.17, 15) is 4.79 Å². The van der Waals surface area contributed by atoms with Gasteiger partial charge in [-0.2, -0.15) is 0 Å². The number of hydrogen-bond donors (Lipinski definition) is 1. The molecule has 1 amide bonds. The van der Waals surface area contributed by atoms with Crippen molar-refractivity contribution in [3.8, 4) is 5.69 Å². The van der Waals surface area contributed by atoms with E-state index in [-0.39, 0.29) is 6.09 Å². The second-order valence-electron chi connectivity index (χ2n) is 6.43. The largest absolute Gasteiger partial charge is 0.453 e. The van der Waals surface area contributed by atoms with E-state index < -0.39 is 0 Å². The number of piperidine rings is 1. The third-order valence-corrected chi connectivity index (χ3v) is 5.10. The number of aromatic nitrogens is 3. The molecule has 2 aliphatic heterocycles. The number of nitrogens with one attached hydrogen (secondary N) is 1. The SMILES string of the molecule is COC(=O)N1Cc2cc(Cl)ccc2-n2c(nnc2C2CCNCC2)C1. The Labute approximate surface area is 150 Å². The number of carbonyl (C=O) groups excluding carboxylic acids is 1. The van der Waals surface area contributed by atoms with E-state index in [1.165, 1.54) is 7.11 Å². The average Bonchev–Trinajstić information content (AvgIpc) is 2.97. The van der Waals surface area contributed by atoms with Crippen molar-refractivity contribution in [2.75, 3.05) is 20.2 Å². The van der Waals surface area contributed by atoms with Crippen LogP contribution in [-0.4, -0.2) is 46.0 Å². The molecular formula is C17H20ClN5O2. The first kappa shape index (κ1) is 16.4. The highest BCUT2D eigenvalue weighted by atomic mass is 35.5. The second kappa shape index (κ2) is 6.65. The van der Waals surface area contributed by atoms with Gasteiger partial charge in [-0.3, -0.25) is 9.47 Å². The Bertz CT molecular complexity index is 800.